The molecule has 1 heterocycles. The molecule has 2 N–H and O–H groups in total. The van der Waals surface area contributed by atoms with Crippen LogP contribution in [0.15, 0.2) is 6.20 Å². The number of nitrogens with one attached hydrogen (secondary N) is 2. The quantitative estimate of drug-likeness (QED) is 0.806. The molecular formula is C11H21N3O2S. The third kappa shape index (κ3) is 4.47. The minimum absolute atomic E-state index is 0.508. The van der Waals surface area contributed by atoms with Crippen LogP contribution in [0.4, 0.5) is 0 Å². The van der Waals surface area contributed by atoms with Gasteiger partial charge in [0.05, 0.1) is 0 Å². The molecule has 0 amide bonds. The summed E-state index contributed by atoms with van der Waals surface area (Å²) >= 11 is 0. The summed E-state index contributed by atoms with van der Waals surface area (Å²) in [6.07, 6.45) is 2.90. The maximum Gasteiger partial charge on any atom is 0.157 e. The van der Waals surface area contributed by atoms with Gasteiger partial charge in [0, 0.05) is 24.7 Å². The number of aromatic amines is 1. The van der Waals surface area contributed by atoms with Gasteiger partial charge in [0.1, 0.15) is 11.1 Å². The van der Waals surface area contributed by atoms with E-state index in [1.165, 1.54) is 6.26 Å². The Morgan fingerprint density at radius 3 is 2.59 bits per heavy atom. The number of aromatic nitrogens is 2. The SMILES string of the molecule is CC(C)CNCc1cnc(C(C)S(C)(=O)=O)[nH]1. The zero-order valence-electron chi connectivity index (χ0n) is 10.8. The Kier molecular flexibility index (Phi) is 4.70. The van der Waals surface area contributed by atoms with Crippen molar-refractivity contribution in [2.45, 2.75) is 32.6 Å². The zero-order chi connectivity index (χ0) is 13.1. The standard InChI is InChI=1S/C11H21N3O2S/c1-8(2)5-12-6-10-7-13-11(14-10)9(3)17(4,15)16/h7-9,12H,5-6H2,1-4H3,(H,13,14). The highest BCUT2D eigenvalue weighted by Crippen LogP contribution is 2.17. The Bertz CT molecular complexity index is 451. The van der Waals surface area contributed by atoms with E-state index in [0.29, 0.717) is 18.3 Å². The average Bonchev–Trinajstić information content (AvgIpc) is 2.63. The van der Waals surface area contributed by atoms with Crippen molar-refractivity contribution < 1.29 is 8.42 Å². The number of nitrogens with zero attached hydrogens (tertiary/aromatic N) is 1. The van der Waals surface area contributed by atoms with Gasteiger partial charge >= 0.3 is 0 Å². The van der Waals surface area contributed by atoms with Crippen molar-refractivity contribution >= 4 is 9.84 Å². The van der Waals surface area contributed by atoms with Crippen LogP contribution >= 0.6 is 0 Å². The predicted molar refractivity (Wildman–Crippen MR) is 68.4 cm³/mol. The summed E-state index contributed by atoms with van der Waals surface area (Å²) in [5.74, 6) is 1.10. The number of hydrogen-bond acceptors (Lipinski definition) is 4. The van der Waals surface area contributed by atoms with E-state index in [1.807, 2.05) is 0 Å². The summed E-state index contributed by atoms with van der Waals surface area (Å²) < 4.78 is 22.7. The molecule has 5 nitrogen and oxygen atoms in total. The lowest BCUT2D eigenvalue weighted by molar-refractivity contribution is 0.548. The molecule has 1 rings (SSSR count). The van der Waals surface area contributed by atoms with E-state index in [4.69, 9.17) is 0 Å². The molecular weight excluding hydrogens is 238 g/mol. The van der Waals surface area contributed by atoms with E-state index in [1.54, 1.807) is 13.1 Å². The van der Waals surface area contributed by atoms with Crippen LogP contribution in [0.25, 0.3) is 0 Å². The lowest BCUT2D eigenvalue weighted by Gasteiger charge is -2.06. The van der Waals surface area contributed by atoms with Gasteiger partial charge < -0.3 is 10.3 Å². The van der Waals surface area contributed by atoms with Gasteiger partial charge in [0.15, 0.2) is 9.84 Å². The molecule has 1 unspecified atom stereocenters. The molecule has 6 heteroatoms. The fourth-order valence-corrected chi connectivity index (χ4v) is 1.90. The van der Waals surface area contributed by atoms with E-state index in [2.05, 4.69) is 29.1 Å². The molecule has 0 fully saturated rings. The van der Waals surface area contributed by atoms with Gasteiger partial charge in [-0.15, -0.1) is 0 Å². The average molecular weight is 259 g/mol. The zero-order valence-corrected chi connectivity index (χ0v) is 11.6. The van der Waals surface area contributed by atoms with Crippen LogP contribution in [0.5, 0.6) is 0 Å². The van der Waals surface area contributed by atoms with Gasteiger partial charge in [-0.1, -0.05) is 13.8 Å². The van der Waals surface area contributed by atoms with Crippen LogP contribution in [0, 0.1) is 5.92 Å². The number of H-pyrrole nitrogens is 1. The van der Waals surface area contributed by atoms with Crippen LogP contribution in [-0.2, 0) is 16.4 Å². The number of rotatable bonds is 6. The minimum atomic E-state index is -3.09. The van der Waals surface area contributed by atoms with E-state index in [-0.39, 0.29) is 0 Å². The maximum atomic E-state index is 11.4. The van der Waals surface area contributed by atoms with Crippen LogP contribution in [0.1, 0.15) is 37.5 Å². The van der Waals surface area contributed by atoms with E-state index >= 15 is 0 Å². The Balaban J connectivity index is 2.60. The second-order valence-electron chi connectivity index (χ2n) is 4.79. The molecule has 0 aliphatic carbocycles. The Morgan fingerprint density at radius 1 is 1.41 bits per heavy atom. The van der Waals surface area contributed by atoms with Gasteiger partial charge in [-0.2, -0.15) is 0 Å². The molecule has 0 aromatic carbocycles. The highest BCUT2D eigenvalue weighted by Gasteiger charge is 2.20. The first-order valence-corrected chi connectivity index (χ1v) is 7.69. The number of imidazole rings is 1. The summed E-state index contributed by atoms with van der Waals surface area (Å²) in [4.78, 5) is 7.15. The highest BCUT2D eigenvalue weighted by molar-refractivity contribution is 7.90. The fourth-order valence-electron chi connectivity index (χ4n) is 1.37. The molecule has 1 aromatic heterocycles. The largest absolute Gasteiger partial charge is 0.344 e. The van der Waals surface area contributed by atoms with Gasteiger partial charge in [0.25, 0.3) is 0 Å². The van der Waals surface area contributed by atoms with Crippen LogP contribution < -0.4 is 5.32 Å². The molecule has 0 aliphatic heterocycles. The smallest absolute Gasteiger partial charge is 0.157 e. The van der Waals surface area contributed by atoms with Crippen LogP contribution in [0.2, 0.25) is 0 Å². The highest BCUT2D eigenvalue weighted by atomic mass is 32.2. The molecule has 0 radical (unpaired) electrons. The molecule has 0 saturated carbocycles. The van der Waals surface area contributed by atoms with E-state index in [9.17, 15) is 8.42 Å². The van der Waals surface area contributed by atoms with Crippen molar-refractivity contribution in [1.29, 1.82) is 0 Å². The second-order valence-corrected chi connectivity index (χ2v) is 7.16. The van der Waals surface area contributed by atoms with Crippen molar-refractivity contribution in [3.8, 4) is 0 Å². The summed E-state index contributed by atoms with van der Waals surface area (Å²) in [5.41, 5.74) is 0.913. The Morgan fingerprint density at radius 2 is 2.06 bits per heavy atom. The molecule has 0 bridgehead atoms. The van der Waals surface area contributed by atoms with Gasteiger partial charge in [0.2, 0.25) is 0 Å². The molecule has 1 atom stereocenters. The molecule has 0 saturated heterocycles. The lowest BCUT2D eigenvalue weighted by Crippen LogP contribution is -2.19. The van der Waals surface area contributed by atoms with E-state index in [0.717, 1.165) is 12.2 Å². The second kappa shape index (κ2) is 5.64. The van der Waals surface area contributed by atoms with Crippen molar-refractivity contribution in [3.05, 3.63) is 17.7 Å². The minimum Gasteiger partial charge on any atom is -0.344 e. The first-order chi connectivity index (χ1) is 7.80. The van der Waals surface area contributed by atoms with E-state index < -0.39 is 15.1 Å². The third-order valence-electron chi connectivity index (χ3n) is 2.54. The Hall–Kier alpha value is -0.880. The monoisotopic (exact) mass is 259 g/mol. The maximum absolute atomic E-state index is 11.4. The first kappa shape index (κ1) is 14.2. The fraction of sp³-hybridized carbons (Fsp3) is 0.727. The predicted octanol–water partition coefficient (Wildman–Crippen LogP) is 1.26. The summed E-state index contributed by atoms with van der Waals surface area (Å²) in [6, 6.07) is 0. The molecule has 1 aromatic rings. The molecule has 0 spiro atoms. The third-order valence-corrected chi connectivity index (χ3v) is 4.05. The van der Waals surface area contributed by atoms with Crippen molar-refractivity contribution in [1.82, 2.24) is 15.3 Å². The molecule has 98 valence electrons. The summed E-state index contributed by atoms with van der Waals surface area (Å²) in [7, 11) is -3.09. The van der Waals surface area contributed by atoms with Crippen molar-refractivity contribution in [3.63, 3.8) is 0 Å². The topological polar surface area (TPSA) is 74.8 Å². The summed E-state index contributed by atoms with van der Waals surface area (Å²) in [5, 5.41) is 2.69. The lowest BCUT2D eigenvalue weighted by atomic mass is 10.2. The van der Waals surface area contributed by atoms with Gasteiger partial charge in [-0.3, -0.25) is 0 Å². The van der Waals surface area contributed by atoms with Crippen molar-refractivity contribution in [2.24, 2.45) is 5.92 Å². The van der Waals surface area contributed by atoms with Gasteiger partial charge in [-0.05, 0) is 19.4 Å². The van der Waals surface area contributed by atoms with Crippen LogP contribution in [-0.4, -0.2) is 31.2 Å². The molecule has 17 heavy (non-hydrogen) atoms. The van der Waals surface area contributed by atoms with Crippen molar-refractivity contribution in [2.75, 3.05) is 12.8 Å². The van der Waals surface area contributed by atoms with Gasteiger partial charge in [-0.25, -0.2) is 13.4 Å². The normalized spacial score (nSPS) is 14.2. The number of hydrogen-bond donors (Lipinski definition) is 2. The molecule has 0 aliphatic rings. The first-order valence-electron chi connectivity index (χ1n) is 5.74. The van der Waals surface area contributed by atoms with Crippen LogP contribution in [0.3, 0.4) is 0 Å². The number of sulfone groups is 1. The Labute approximate surface area is 103 Å². The summed E-state index contributed by atoms with van der Waals surface area (Å²) in [6.45, 7) is 7.52.